The van der Waals surface area contributed by atoms with E-state index in [9.17, 15) is 0 Å². The normalized spacial score (nSPS) is 20.8. The van der Waals surface area contributed by atoms with Gasteiger partial charge in [0, 0.05) is 5.03 Å². The number of hydrogen-bond acceptors (Lipinski definition) is 0. The summed E-state index contributed by atoms with van der Waals surface area (Å²) >= 11 is 6.31. The summed E-state index contributed by atoms with van der Waals surface area (Å²) in [7, 11) is 0. The van der Waals surface area contributed by atoms with Gasteiger partial charge in [-0.05, 0) is 37.3 Å². The van der Waals surface area contributed by atoms with E-state index < -0.39 is 0 Å². The molecule has 0 aromatic heterocycles. The third kappa shape index (κ3) is 3.56. The van der Waals surface area contributed by atoms with Crippen molar-refractivity contribution in [3.8, 4) is 0 Å². The van der Waals surface area contributed by atoms with Crippen LogP contribution in [0.1, 0.15) is 26.2 Å². The zero-order valence-electron chi connectivity index (χ0n) is 9.17. The number of hydrogen-bond donors (Lipinski definition) is 0. The van der Waals surface area contributed by atoms with Crippen LogP contribution in [-0.4, -0.2) is 0 Å². The van der Waals surface area contributed by atoms with E-state index in [1.165, 1.54) is 17.6 Å². The van der Waals surface area contributed by atoms with Gasteiger partial charge >= 0.3 is 0 Å². The fraction of sp³-hybridized carbons (Fsp3) is 0.286. The van der Waals surface area contributed by atoms with Crippen LogP contribution in [0.3, 0.4) is 0 Å². The highest BCUT2D eigenvalue weighted by atomic mass is 35.5. The van der Waals surface area contributed by atoms with Crippen LogP contribution in [0, 0.1) is 0 Å². The molecule has 0 bridgehead atoms. The standard InChI is InChI=1S/C14H17Cl/c1-3-5-8-12-10-7-11-13(14(12)15)9-6-4-2/h3-6,8-9H,1,7,10-11H2,2H3. The summed E-state index contributed by atoms with van der Waals surface area (Å²) in [4.78, 5) is 0. The Labute approximate surface area is 97.3 Å². The lowest BCUT2D eigenvalue weighted by Crippen LogP contribution is -1.97. The molecule has 1 aliphatic carbocycles. The quantitative estimate of drug-likeness (QED) is 0.593. The predicted molar refractivity (Wildman–Crippen MR) is 69.0 cm³/mol. The number of allylic oxidation sites excluding steroid dienone is 9. The molecule has 15 heavy (non-hydrogen) atoms. The van der Waals surface area contributed by atoms with E-state index in [0.717, 1.165) is 17.9 Å². The summed E-state index contributed by atoms with van der Waals surface area (Å²) < 4.78 is 0. The molecule has 0 aliphatic heterocycles. The van der Waals surface area contributed by atoms with Gasteiger partial charge in [-0.15, -0.1) is 0 Å². The Morgan fingerprint density at radius 1 is 1.27 bits per heavy atom. The summed E-state index contributed by atoms with van der Waals surface area (Å²) in [6.45, 7) is 5.67. The molecule has 1 heteroatoms. The average molecular weight is 221 g/mol. The molecular formula is C14H17Cl. The van der Waals surface area contributed by atoms with Crippen molar-refractivity contribution >= 4 is 11.6 Å². The number of rotatable bonds is 3. The maximum absolute atomic E-state index is 6.31. The average Bonchev–Trinajstić information content (AvgIpc) is 2.26. The van der Waals surface area contributed by atoms with E-state index in [0.29, 0.717) is 0 Å². The van der Waals surface area contributed by atoms with E-state index in [4.69, 9.17) is 11.6 Å². The monoisotopic (exact) mass is 220 g/mol. The first-order valence-corrected chi connectivity index (χ1v) is 5.67. The summed E-state index contributed by atoms with van der Waals surface area (Å²) in [6, 6.07) is 0. The molecule has 0 heterocycles. The molecule has 0 aromatic rings. The Hall–Kier alpha value is -1.01. The second-order valence-corrected chi connectivity index (χ2v) is 3.88. The first-order chi connectivity index (χ1) is 7.29. The van der Waals surface area contributed by atoms with E-state index in [2.05, 4.69) is 18.7 Å². The molecule has 0 spiro atoms. The maximum atomic E-state index is 6.31. The lowest BCUT2D eigenvalue weighted by molar-refractivity contribution is 0.792. The first-order valence-electron chi connectivity index (χ1n) is 5.29. The van der Waals surface area contributed by atoms with Crippen molar-refractivity contribution in [1.82, 2.24) is 0 Å². The molecule has 80 valence electrons. The topological polar surface area (TPSA) is 0 Å². The van der Waals surface area contributed by atoms with Crippen LogP contribution in [-0.2, 0) is 0 Å². The lowest BCUT2D eigenvalue weighted by atomic mass is 9.94. The van der Waals surface area contributed by atoms with Crippen LogP contribution in [0.15, 0.2) is 59.2 Å². The van der Waals surface area contributed by atoms with Gasteiger partial charge in [0.2, 0.25) is 0 Å². The minimum absolute atomic E-state index is 0.914. The summed E-state index contributed by atoms with van der Waals surface area (Å²) in [5.74, 6) is 0. The highest BCUT2D eigenvalue weighted by molar-refractivity contribution is 6.32. The highest BCUT2D eigenvalue weighted by Gasteiger charge is 2.12. The molecule has 0 nitrogen and oxygen atoms in total. The van der Waals surface area contributed by atoms with Gasteiger partial charge in [0.05, 0.1) is 0 Å². The van der Waals surface area contributed by atoms with Gasteiger partial charge in [0.25, 0.3) is 0 Å². The summed E-state index contributed by atoms with van der Waals surface area (Å²) in [5, 5.41) is 0.914. The summed E-state index contributed by atoms with van der Waals surface area (Å²) in [5.41, 5.74) is 2.46. The van der Waals surface area contributed by atoms with Gasteiger partial charge < -0.3 is 0 Å². The van der Waals surface area contributed by atoms with Crippen LogP contribution >= 0.6 is 11.6 Å². The van der Waals surface area contributed by atoms with Crippen molar-refractivity contribution in [3.63, 3.8) is 0 Å². The molecular weight excluding hydrogens is 204 g/mol. The minimum atomic E-state index is 0.914. The zero-order chi connectivity index (χ0) is 11.1. The fourth-order valence-corrected chi connectivity index (χ4v) is 1.92. The summed E-state index contributed by atoms with van der Waals surface area (Å²) in [6.07, 6.45) is 15.3. The minimum Gasteiger partial charge on any atom is -0.0991 e. The molecule has 0 unspecified atom stereocenters. The van der Waals surface area contributed by atoms with E-state index in [1.54, 1.807) is 6.08 Å². The molecule has 0 N–H and O–H groups in total. The van der Waals surface area contributed by atoms with E-state index in [1.807, 2.05) is 25.2 Å². The second-order valence-electron chi connectivity index (χ2n) is 3.51. The molecule has 1 aliphatic rings. The van der Waals surface area contributed by atoms with Gasteiger partial charge in [-0.25, -0.2) is 0 Å². The molecule has 0 saturated heterocycles. The van der Waals surface area contributed by atoms with Crippen LogP contribution < -0.4 is 0 Å². The molecule has 0 amide bonds. The van der Waals surface area contributed by atoms with E-state index >= 15 is 0 Å². The van der Waals surface area contributed by atoms with Gasteiger partial charge in [-0.3, -0.25) is 0 Å². The lowest BCUT2D eigenvalue weighted by Gasteiger charge is -2.16. The van der Waals surface area contributed by atoms with Gasteiger partial charge in [-0.1, -0.05) is 54.6 Å². The largest absolute Gasteiger partial charge is 0.0991 e. The van der Waals surface area contributed by atoms with Gasteiger partial charge in [0.1, 0.15) is 0 Å². The van der Waals surface area contributed by atoms with Crippen LogP contribution in [0.2, 0.25) is 0 Å². The third-order valence-electron chi connectivity index (χ3n) is 2.38. The van der Waals surface area contributed by atoms with Gasteiger partial charge in [0.15, 0.2) is 0 Å². The van der Waals surface area contributed by atoms with E-state index in [-0.39, 0.29) is 0 Å². The first kappa shape index (κ1) is 12.1. The second kappa shape index (κ2) is 6.47. The Bertz CT molecular complexity index is 340. The van der Waals surface area contributed by atoms with Crippen molar-refractivity contribution in [2.45, 2.75) is 26.2 Å². The molecule has 1 rings (SSSR count). The Morgan fingerprint density at radius 2 is 2.07 bits per heavy atom. The van der Waals surface area contributed by atoms with Crippen molar-refractivity contribution in [3.05, 3.63) is 59.2 Å². The molecule has 0 fully saturated rings. The van der Waals surface area contributed by atoms with Crippen molar-refractivity contribution in [2.75, 3.05) is 0 Å². The van der Waals surface area contributed by atoms with Crippen LogP contribution in [0.5, 0.6) is 0 Å². The Balaban J connectivity index is 2.94. The zero-order valence-corrected chi connectivity index (χ0v) is 9.93. The molecule has 0 saturated carbocycles. The van der Waals surface area contributed by atoms with Crippen molar-refractivity contribution < 1.29 is 0 Å². The smallest absolute Gasteiger partial charge is 0.0469 e. The highest BCUT2D eigenvalue weighted by Crippen LogP contribution is 2.32. The number of halogens is 1. The molecule has 0 aromatic carbocycles. The maximum Gasteiger partial charge on any atom is 0.0469 e. The molecule has 0 atom stereocenters. The van der Waals surface area contributed by atoms with Crippen LogP contribution in [0.25, 0.3) is 0 Å². The Kier molecular flexibility index (Phi) is 5.20. The van der Waals surface area contributed by atoms with Gasteiger partial charge in [-0.2, -0.15) is 0 Å². The van der Waals surface area contributed by atoms with Crippen molar-refractivity contribution in [1.29, 1.82) is 0 Å². The SMILES string of the molecule is C=CC=CC1=C(Cl)C(=CC=CC)CCC1. The predicted octanol–water partition coefficient (Wildman–Crippen LogP) is 4.91. The van der Waals surface area contributed by atoms with Crippen LogP contribution in [0.4, 0.5) is 0 Å². The third-order valence-corrected chi connectivity index (χ3v) is 2.86. The van der Waals surface area contributed by atoms with Crippen molar-refractivity contribution in [2.24, 2.45) is 0 Å². The molecule has 0 radical (unpaired) electrons. The Morgan fingerprint density at radius 3 is 2.73 bits per heavy atom. The fourth-order valence-electron chi connectivity index (χ4n) is 1.60.